The highest BCUT2D eigenvalue weighted by atomic mass is 32.3. The predicted octanol–water partition coefficient (Wildman–Crippen LogP) is -1.13. The lowest BCUT2D eigenvalue weighted by Gasteiger charge is -1.68. The van der Waals surface area contributed by atoms with Crippen LogP contribution in [0.25, 0.3) is 0 Å². The SMILES string of the molecule is O=S(=O)(O)O.[N]. The third-order valence-corrected chi connectivity index (χ3v) is 0. The Morgan fingerprint density at radius 1 is 1.17 bits per heavy atom. The van der Waals surface area contributed by atoms with Crippen LogP contribution in [0.3, 0.4) is 0 Å². The average Bonchev–Trinajstić information content (AvgIpc) is 0.722. The van der Waals surface area contributed by atoms with E-state index >= 15 is 0 Å². The fraction of sp³-hybridized carbons (Fsp3) is 0. The van der Waals surface area contributed by atoms with Crippen molar-refractivity contribution in [3.05, 3.63) is 0 Å². The van der Waals surface area contributed by atoms with Gasteiger partial charge in [0.15, 0.2) is 0 Å². The van der Waals surface area contributed by atoms with Crippen molar-refractivity contribution < 1.29 is 17.5 Å². The third kappa shape index (κ3) is 1060. The van der Waals surface area contributed by atoms with Gasteiger partial charge >= 0.3 is 10.4 Å². The highest BCUT2D eigenvalue weighted by Gasteiger charge is 1.84. The van der Waals surface area contributed by atoms with Crippen LogP contribution >= 0.6 is 0 Å². The summed E-state index contributed by atoms with van der Waals surface area (Å²) in [4.78, 5) is 0. The summed E-state index contributed by atoms with van der Waals surface area (Å²) in [5.74, 6) is 0. The molecule has 0 amide bonds. The van der Waals surface area contributed by atoms with Crippen molar-refractivity contribution in [1.29, 1.82) is 0 Å². The van der Waals surface area contributed by atoms with Crippen molar-refractivity contribution in [2.24, 2.45) is 0 Å². The van der Waals surface area contributed by atoms with Crippen LogP contribution in [0, 0.1) is 0 Å². The molecular weight excluding hydrogens is 110 g/mol. The summed E-state index contributed by atoms with van der Waals surface area (Å²) in [6.45, 7) is 0. The highest BCUT2D eigenvalue weighted by Crippen LogP contribution is 1.59. The maximum atomic E-state index is 8.74. The summed E-state index contributed by atoms with van der Waals surface area (Å²) in [6, 6.07) is 0. The molecule has 0 bridgehead atoms. The maximum Gasteiger partial charge on any atom is 0.394 e. The molecule has 0 rings (SSSR count). The zero-order chi connectivity index (χ0) is 4.50. The molecule has 0 aromatic heterocycles. The molecule has 2 N–H and O–H groups in total. The minimum Gasteiger partial charge on any atom is -0.264 e. The zero-order valence-electron chi connectivity index (χ0n) is 2.57. The lowest BCUT2D eigenvalue weighted by atomic mass is 14.0. The van der Waals surface area contributed by atoms with Crippen LogP contribution in [0.4, 0.5) is 0 Å². The van der Waals surface area contributed by atoms with Gasteiger partial charge in [-0.15, -0.1) is 0 Å². The van der Waals surface area contributed by atoms with E-state index in [1.165, 1.54) is 0 Å². The smallest absolute Gasteiger partial charge is 0.264 e. The average molecular weight is 112 g/mol. The molecule has 37 valence electrons. The molecule has 0 saturated carbocycles. The fourth-order valence-corrected chi connectivity index (χ4v) is 0. The third-order valence-electron chi connectivity index (χ3n) is 0. The molecule has 0 aliphatic heterocycles. The Labute approximate surface area is 35.1 Å². The lowest BCUT2D eigenvalue weighted by Crippen LogP contribution is -1.89. The van der Waals surface area contributed by atoms with Crippen molar-refractivity contribution in [3.63, 3.8) is 0 Å². The van der Waals surface area contributed by atoms with E-state index in [1.807, 2.05) is 0 Å². The van der Waals surface area contributed by atoms with Gasteiger partial charge in [-0.05, 0) is 0 Å². The predicted molar refractivity (Wildman–Crippen MR) is 16.3 cm³/mol. The second kappa shape index (κ2) is 2.08. The quantitative estimate of drug-likeness (QED) is 0.386. The molecule has 0 saturated heterocycles. The Bertz CT molecular complexity index is 90.7. The summed E-state index contributed by atoms with van der Waals surface area (Å²) in [5, 5.41) is 0. The zero-order valence-corrected chi connectivity index (χ0v) is 3.38. The first-order valence-corrected chi connectivity index (χ1v) is 2.10. The van der Waals surface area contributed by atoms with Gasteiger partial charge in [-0.3, -0.25) is 9.11 Å². The van der Waals surface area contributed by atoms with Crippen LogP contribution in [-0.2, 0) is 10.4 Å². The van der Waals surface area contributed by atoms with Crippen molar-refractivity contribution in [2.75, 3.05) is 0 Å². The number of rotatable bonds is 0. The van der Waals surface area contributed by atoms with Gasteiger partial charge in [0.05, 0.1) is 0 Å². The van der Waals surface area contributed by atoms with Gasteiger partial charge in [0.2, 0.25) is 0 Å². The summed E-state index contributed by atoms with van der Waals surface area (Å²) >= 11 is 0. The fourth-order valence-electron chi connectivity index (χ4n) is 0. The van der Waals surface area contributed by atoms with E-state index in [4.69, 9.17) is 17.5 Å². The first kappa shape index (κ1) is 9.27. The van der Waals surface area contributed by atoms with Gasteiger partial charge in [-0.2, -0.15) is 8.42 Å². The number of hydrogen-bond donors (Lipinski definition) is 2. The molecule has 0 aromatic carbocycles. The molecule has 0 unspecified atom stereocenters. The van der Waals surface area contributed by atoms with Gasteiger partial charge in [0.25, 0.3) is 0 Å². The molecule has 0 fully saturated rings. The van der Waals surface area contributed by atoms with Gasteiger partial charge in [-0.1, -0.05) is 0 Å². The van der Waals surface area contributed by atoms with E-state index < -0.39 is 10.4 Å². The van der Waals surface area contributed by atoms with Crippen molar-refractivity contribution in [1.82, 2.24) is 6.15 Å². The Balaban J connectivity index is 0. The van der Waals surface area contributed by atoms with Crippen LogP contribution in [0.1, 0.15) is 0 Å². The van der Waals surface area contributed by atoms with Crippen LogP contribution in [0.2, 0.25) is 0 Å². The van der Waals surface area contributed by atoms with Crippen LogP contribution < -0.4 is 6.15 Å². The molecule has 0 spiro atoms. The van der Waals surface area contributed by atoms with Gasteiger partial charge in [0.1, 0.15) is 0 Å². The monoisotopic (exact) mass is 112 g/mol. The molecule has 6 heteroatoms. The summed E-state index contributed by atoms with van der Waals surface area (Å²) in [6.07, 6.45) is 0. The van der Waals surface area contributed by atoms with E-state index in [0.717, 1.165) is 0 Å². The Morgan fingerprint density at radius 2 is 1.17 bits per heavy atom. The van der Waals surface area contributed by atoms with Gasteiger partial charge < -0.3 is 0 Å². The Kier molecular flexibility index (Phi) is 3.22. The summed E-state index contributed by atoms with van der Waals surface area (Å²) < 4.78 is 31.6. The second-order valence-corrected chi connectivity index (χ2v) is 1.34. The molecule has 0 heterocycles. The standard InChI is InChI=1S/N.H2O4S/c;1-5(2,3)4/h;(H2,1,2,3,4). The number of nitrogens with zero attached hydrogens (tertiary/aromatic N) is 1. The maximum absolute atomic E-state index is 8.74. The molecule has 3 radical (unpaired) electrons. The van der Waals surface area contributed by atoms with Gasteiger partial charge in [-0.25, -0.2) is 0 Å². The molecule has 0 aliphatic rings. The van der Waals surface area contributed by atoms with E-state index in [9.17, 15) is 0 Å². The van der Waals surface area contributed by atoms with E-state index in [1.54, 1.807) is 0 Å². The Hall–Kier alpha value is -0.170. The van der Waals surface area contributed by atoms with Crippen LogP contribution in [-0.4, -0.2) is 17.5 Å². The van der Waals surface area contributed by atoms with Crippen LogP contribution in [0.15, 0.2) is 0 Å². The van der Waals surface area contributed by atoms with E-state index in [0.29, 0.717) is 0 Å². The normalized spacial score (nSPS) is 9.67. The molecule has 6 heavy (non-hydrogen) atoms. The second-order valence-electron chi connectivity index (χ2n) is 0.448. The minimum atomic E-state index is -4.67. The topological polar surface area (TPSA) is 105 Å². The first-order valence-electron chi connectivity index (χ1n) is 0.698. The molecule has 0 atom stereocenters. The lowest BCUT2D eigenvalue weighted by molar-refractivity contribution is 0.381. The van der Waals surface area contributed by atoms with Crippen molar-refractivity contribution in [3.8, 4) is 0 Å². The Morgan fingerprint density at radius 3 is 1.17 bits per heavy atom. The van der Waals surface area contributed by atoms with Gasteiger partial charge in [0, 0.05) is 6.15 Å². The molecule has 5 nitrogen and oxygen atoms in total. The van der Waals surface area contributed by atoms with Crippen molar-refractivity contribution >= 4 is 10.4 Å². The minimum absolute atomic E-state index is 0. The molecular formula is H2NO4S. The largest absolute Gasteiger partial charge is 0.394 e. The molecule has 0 aromatic rings. The number of hydrogen-bond acceptors (Lipinski definition) is 2. The summed E-state index contributed by atoms with van der Waals surface area (Å²) in [7, 11) is -4.67. The van der Waals surface area contributed by atoms with Crippen molar-refractivity contribution in [2.45, 2.75) is 0 Å². The van der Waals surface area contributed by atoms with Crippen LogP contribution in [0.5, 0.6) is 0 Å². The first-order chi connectivity index (χ1) is 2.00. The highest BCUT2D eigenvalue weighted by molar-refractivity contribution is 7.79. The molecule has 0 aliphatic carbocycles. The summed E-state index contributed by atoms with van der Waals surface area (Å²) in [5.41, 5.74) is 0. The van der Waals surface area contributed by atoms with E-state index in [-0.39, 0.29) is 6.15 Å². The van der Waals surface area contributed by atoms with E-state index in [2.05, 4.69) is 0 Å².